The van der Waals surface area contributed by atoms with Crippen LogP contribution in [-0.4, -0.2) is 52.1 Å². The third kappa shape index (κ3) is 2.95. The van der Waals surface area contributed by atoms with Crippen LogP contribution in [0.4, 0.5) is 5.82 Å². The van der Waals surface area contributed by atoms with Crippen molar-refractivity contribution in [3.05, 3.63) is 18.1 Å². The Kier molecular flexibility index (Phi) is 4.09. The normalized spacial score (nSPS) is 20.6. The minimum Gasteiger partial charge on any atom is -0.477 e. The van der Waals surface area contributed by atoms with Crippen LogP contribution in [0.2, 0.25) is 0 Å². The summed E-state index contributed by atoms with van der Waals surface area (Å²) in [5, 5.41) is 12.1. The predicted octanol–water partition coefficient (Wildman–Crippen LogP) is 1.07. The van der Waals surface area contributed by atoms with E-state index in [1.807, 2.05) is 0 Å². The van der Waals surface area contributed by atoms with E-state index < -0.39 is 5.97 Å². The molecular formula is C12H18N4O2. The van der Waals surface area contributed by atoms with Crippen molar-refractivity contribution in [2.24, 2.45) is 0 Å². The molecule has 1 saturated heterocycles. The van der Waals surface area contributed by atoms with Gasteiger partial charge in [-0.15, -0.1) is 0 Å². The van der Waals surface area contributed by atoms with Crippen molar-refractivity contribution >= 4 is 11.8 Å². The van der Waals surface area contributed by atoms with Crippen LogP contribution in [0.15, 0.2) is 12.5 Å². The molecule has 6 nitrogen and oxygen atoms in total. The van der Waals surface area contributed by atoms with E-state index in [0.29, 0.717) is 18.4 Å². The fourth-order valence-corrected chi connectivity index (χ4v) is 2.24. The van der Waals surface area contributed by atoms with Crippen LogP contribution in [0.5, 0.6) is 0 Å². The summed E-state index contributed by atoms with van der Waals surface area (Å²) in [6.07, 6.45) is 6.28. The van der Waals surface area contributed by atoms with Crippen molar-refractivity contribution in [2.75, 3.05) is 25.5 Å². The zero-order valence-corrected chi connectivity index (χ0v) is 10.5. The lowest BCUT2D eigenvalue weighted by Crippen LogP contribution is -2.41. The van der Waals surface area contributed by atoms with E-state index in [-0.39, 0.29) is 5.56 Å². The van der Waals surface area contributed by atoms with Gasteiger partial charge in [-0.05, 0) is 26.4 Å². The van der Waals surface area contributed by atoms with Gasteiger partial charge in [-0.3, -0.25) is 0 Å². The summed E-state index contributed by atoms with van der Waals surface area (Å²) >= 11 is 0. The van der Waals surface area contributed by atoms with E-state index in [0.717, 1.165) is 13.0 Å². The Labute approximate surface area is 106 Å². The second-order valence-electron chi connectivity index (χ2n) is 4.60. The maximum absolute atomic E-state index is 11.0. The van der Waals surface area contributed by atoms with Gasteiger partial charge in [0.15, 0.2) is 0 Å². The number of piperidine rings is 1. The summed E-state index contributed by atoms with van der Waals surface area (Å²) in [6.45, 7) is 1.82. The third-order valence-electron chi connectivity index (χ3n) is 3.37. The Morgan fingerprint density at radius 3 is 3.17 bits per heavy atom. The Morgan fingerprint density at radius 2 is 2.44 bits per heavy atom. The number of anilines is 1. The van der Waals surface area contributed by atoms with Crippen LogP contribution in [0, 0.1) is 0 Å². The van der Waals surface area contributed by atoms with Gasteiger partial charge < -0.3 is 15.3 Å². The number of carbonyl (C=O) groups is 1. The summed E-state index contributed by atoms with van der Waals surface area (Å²) in [4.78, 5) is 21.0. The lowest BCUT2D eigenvalue weighted by atomic mass is 10.0. The average molecular weight is 250 g/mol. The number of nitrogens with zero attached hydrogens (tertiary/aromatic N) is 3. The number of aromatic nitrogens is 2. The number of rotatable bonds is 4. The maximum Gasteiger partial charge on any atom is 0.341 e. The molecule has 1 atom stereocenters. The van der Waals surface area contributed by atoms with Gasteiger partial charge in [-0.25, -0.2) is 14.8 Å². The minimum absolute atomic E-state index is 0.121. The molecule has 1 aliphatic rings. The van der Waals surface area contributed by atoms with Crippen molar-refractivity contribution in [3.8, 4) is 0 Å². The molecule has 1 unspecified atom stereocenters. The summed E-state index contributed by atoms with van der Waals surface area (Å²) < 4.78 is 0. The van der Waals surface area contributed by atoms with Gasteiger partial charge in [0.1, 0.15) is 17.7 Å². The van der Waals surface area contributed by atoms with E-state index in [1.165, 1.54) is 25.4 Å². The van der Waals surface area contributed by atoms with Crippen molar-refractivity contribution in [3.63, 3.8) is 0 Å². The molecule has 1 fully saturated rings. The first-order valence-corrected chi connectivity index (χ1v) is 6.16. The Hall–Kier alpha value is -1.69. The van der Waals surface area contributed by atoms with Gasteiger partial charge in [-0.1, -0.05) is 6.42 Å². The Balaban J connectivity index is 1.99. The van der Waals surface area contributed by atoms with E-state index >= 15 is 0 Å². The van der Waals surface area contributed by atoms with E-state index in [1.54, 1.807) is 0 Å². The van der Waals surface area contributed by atoms with Crippen LogP contribution >= 0.6 is 0 Å². The van der Waals surface area contributed by atoms with Gasteiger partial charge in [-0.2, -0.15) is 0 Å². The number of carboxylic acid groups (broad SMARTS) is 1. The molecule has 2 N–H and O–H groups in total. The van der Waals surface area contributed by atoms with Crippen molar-refractivity contribution in [1.82, 2.24) is 14.9 Å². The van der Waals surface area contributed by atoms with Crippen LogP contribution in [0.25, 0.3) is 0 Å². The molecule has 0 spiro atoms. The minimum atomic E-state index is -1.00. The molecule has 0 radical (unpaired) electrons. The molecule has 0 saturated carbocycles. The number of hydrogen-bond donors (Lipinski definition) is 2. The summed E-state index contributed by atoms with van der Waals surface area (Å²) in [5.41, 5.74) is 0.121. The molecule has 1 aliphatic heterocycles. The number of hydrogen-bond acceptors (Lipinski definition) is 5. The molecule has 1 aromatic rings. The van der Waals surface area contributed by atoms with Gasteiger partial charge in [0, 0.05) is 18.8 Å². The first kappa shape index (κ1) is 12.8. The molecule has 0 amide bonds. The largest absolute Gasteiger partial charge is 0.477 e. The third-order valence-corrected chi connectivity index (χ3v) is 3.37. The molecular weight excluding hydrogens is 232 g/mol. The number of likely N-dealkylation sites (tertiary alicyclic amines) is 1. The Bertz CT molecular complexity index is 424. The van der Waals surface area contributed by atoms with Crippen LogP contribution in [0.1, 0.15) is 29.6 Å². The summed E-state index contributed by atoms with van der Waals surface area (Å²) in [5.74, 6) is -0.605. The SMILES string of the molecule is CN1CCCCC1CNc1ncncc1C(=O)O. The lowest BCUT2D eigenvalue weighted by molar-refractivity contribution is 0.0697. The molecule has 98 valence electrons. The summed E-state index contributed by atoms with van der Waals surface area (Å²) in [6, 6.07) is 0.440. The number of carboxylic acids is 1. The fraction of sp³-hybridized carbons (Fsp3) is 0.583. The molecule has 0 aromatic carbocycles. The van der Waals surface area contributed by atoms with E-state index in [9.17, 15) is 4.79 Å². The molecule has 2 rings (SSSR count). The van der Waals surface area contributed by atoms with Gasteiger partial charge in [0.2, 0.25) is 0 Å². The standard InChI is InChI=1S/C12H18N4O2/c1-16-5-3-2-4-9(16)6-14-11-10(12(17)18)7-13-8-15-11/h7-9H,2-6H2,1H3,(H,17,18)(H,13,14,15). The molecule has 0 aliphatic carbocycles. The smallest absolute Gasteiger partial charge is 0.341 e. The molecule has 1 aromatic heterocycles. The molecule has 18 heavy (non-hydrogen) atoms. The fourth-order valence-electron chi connectivity index (χ4n) is 2.24. The van der Waals surface area contributed by atoms with Gasteiger partial charge in [0.05, 0.1) is 0 Å². The highest BCUT2D eigenvalue weighted by atomic mass is 16.4. The van der Waals surface area contributed by atoms with E-state index in [2.05, 4.69) is 27.2 Å². The lowest BCUT2D eigenvalue weighted by Gasteiger charge is -2.32. The first-order valence-electron chi connectivity index (χ1n) is 6.16. The second kappa shape index (κ2) is 5.77. The first-order chi connectivity index (χ1) is 8.68. The highest BCUT2D eigenvalue weighted by Gasteiger charge is 2.19. The molecule has 2 heterocycles. The Morgan fingerprint density at radius 1 is 1.61 bits per heavy atom. The van der Waals surface area contributed by atoms with Gasteiger partial charge >= 0.3 is 5.97 Å². The zero-order chi connectivity index (χ0) is 13.0. The van der Waals surface area contributed by atoms with Crippen molar-refractivity contribution in [2.45, 2.75) is 25.3 Å². The monoisotopic (exact) mass is 250 g/mol. The maximum atomic E-state index is 11.0. The highest BCUT2D eigenvalue weighted by Crippen LogP contribution is 2.16. The zero-order valence-electron chi connectivity index (χ0n) is 10.5. The molecule has 6 heteroatoms. The number of nitrogens with one attached hydrogen (secondary N) is 1. The predicted molar refractivity (Wildman–Crippen MR) is 67.8 cm³/mol. The topological polar surface area (TPSA) is 78.3 Å². The van der Waals surface area contributed by atoms with Crippen molar-refractivity contribution in [1.29, 1.82) is 0 Å². The van der Waals surface area contributed by atoms with E-state index in [4.69, 9.17) is 5.11 Å². The number of aromatic carboxylic acids is 1. The second-order valence-corrected chi connectivity index (χ2v) is 4.60. The van der Waals surface area contributed by atoms with Crippen LogP contribution in [0.3, 0.4) is 0 Å². The van der Waals surface area contributed by atoms with Crippen LogP contribution in [-0.2, 0) is 0 Å². The quantitative estimate of drug-likeness (QED) is 0.832. The average Bonchev–Trinajstić information content (AvgIpc) is 2.38. The van der Waals surface area contributed by atoms with Crippen LogP contribution < -0.4 is 5.32 Å². The van der Waals surface area contributed by atoms with Gasteiger partial charge in [0.25, 0.3) is 0 Å². The summed E-state index contributed by atoms with van der Waals surface area (Å²) in [7, 11) is 2.10. The number of likely N-dealkylation sites (N-methyl/N-ethyl adjacent to an activating group) is 1. The van der Waals surface area contributed by atoms with Crippen molar-refractivity contribution < 1.29 is 9.90 Å². The highest BCUT2D eigenvalue weighted by molar-refractivity contribution is 5.92. The molecule has 0 bridgehead atoms.